The van der Waals surface area contributed by atoms with Crippen molar-refractivity contribution in [3.05, 3.63) is 34.3 Å². The number of carbonyl (C=O) groups is 1. The number of hydrogen-bond acceptors (Lipinski definition) is 4. The van der Waals surface area contributed by atoms with Gasteiger partial charge in [0.2, 0.25) is 0 Å². The van der Waals surface area contributed by atoms with E-state index in [1.54, 1.807) is 18.2 Å². The molecule has 0 saturated carbocycles. The van der Waals surface area contributed by atoms with Crippen LogP contribution in [0.2, 0.25) is 0 Å². The van der Waals surface area contributed by atoms with Gasteiger partial charge in [0.05, 0.1) is 5.52 Å². The van der Waals surface area contributed by atoms with Crippen molar-refractivity contribution in [2.75, 3.05) is 0 Å². The molecule has 6 nitrogen and oxygen atoms in total. The first kappa shape index (κ1) is 11.4. The van der Waals surface area contributed by atoms with Crippen molar-refractivity contribution < 1.29 is 14.3 Å². The summed E-state index contributed by atoms with van der Waals surface area (Å²) in [6.07, 6.45) is 0.293. The summed E-state index contributed by atoms with van der Waals surface area (Å²) in [5.74, 6) is -1.44. The smallest absolute Gasteiger partial charge is 0.417 e. The summed E-state index contributed by atoms with van der Waals surface area (Å²) in [6, 6.07) is 4.68. The Labute approximate surface area is 96.0 Å². The van der Waals surface area contributed by atoms with Crippen LogP contribution in [0.3, 0.4) is 0 Å². The van der Waals surface area contributed by atoms with Gasteiger partial charge in [-0.15, -0.1) is 0 Å². The van der Waals surface area contributed by atoms with Crippen LogP contribution in [0.1, 0.15) is 24.4 Å². The van der Waals surface area contributed by atoms with Gasteiger partial charge in [-0.3, -0.25) is 9.78 Å². The Morgan fingerprint density at radius 1 is 1.53 bits per heavy atom. The van der Waals surface area contributed by atoms with Crippen molar-refractivity contribution in [3.8, 4) is 0 Å². The van der Waals surface area contributed by atoms with Gasteiger partial charge in [0.15, 0.2) is 5.58 Å². The third-order valence-corrected chi connectivity index (χ3v) is 2.56. The van der Waals surface area contributed by atoms with Gasteiger partial charge in [-0.2, -0.15) is 0 Å². The molecule has 0 spiro atoms. The monoisotopic (exact) mass is 236 g/mol. The summed E-state index contributed by atoms with van der Waals surface area (Å²) >= 11 is 0. The number of benzene rings is 1. The van der Waals surface area contributed by atoms with E-state index in [0.29, 0.717) is 23.1 Å². The number of nitrogens with one attached hydrogen (secondary N) is 1. The third kappa shape index (κ3) is 2.36. The molecule has 0 fully saturated rings. The third-order valence-electron chi connectivity index (χ3n) is 2.56. The topological polar surface area (TPSA) is 109 Å². The number of nitrogens with two attached hydrogens (primary N) is 1. The lowest BCUT2D eigenvalue weighted by molar-refractivity contribution is -0.137. The van der Waals surface area contributed by atoms with E-state index >= 15 is 0 Å². The molecule has 0 aliphatic heterocycles. The van der Waals surface area contributed by atoms with Crippen LogP contribution in [0.5, 0.6) is 0 Å². The van der Waals surface area contributed by atoms with Crippen molar-refractivity contribution >= 4 is 17.1 Å². The summed E-state index contributed by atoms with van der Waals surface area (Å²) in [4.78, 5) is 24.1. The highest BCUT2D eigenvalue weighted by Gasteiger charge is 2.14. The molecule has 6 heteroatoms. The first-order valence-corrected chi connectivity index (χ1v) is 5.17. The second kappa shape index (κ2) is 4.42. The summed E-state index contributed by atoms with van der Waals surface area (Å²) in [7, 11) is 0. The zero-order valence-corrected chi connectivity index (χ0v) is 8.97. The molecule has 1 atom stereocenters. The second-order valence-corrected chi connectivity index (χ2v) is 3.77. The highest BCUT2D eigenvalue weighted by molar-refractivity contribution is 5.76. The van der Waals surface area contributed by atoms with Gasteiger partial charge >= 0.3 is 11.7 Å². The molecule has 17 heavy (non-hydrogen) atoms. The average molecular weight is 236 g/mol. The molecule has 0 radical (unpaired) electrons. The minimum absolute atomic E-state index is 0.0142. The second-order valence-electron chi connectivity index (χ2n) is 3.77. The number of carboxylic acids is 1. The molecule has 2 aromatic rings. The summed E-state index contributed by atoms with van der Waals surface area (Å²) in [6.45, 7) is 0. The fourth-order valence-corrected chi connectivity index (χ4v) is 1.74. The molecule has 0 amide bonds. The van der Waals surface area contributed by atoms with Gasteiger partial charge in [-0.1, -0.05) is 12.1 Å². The molecule has 2 rings (SSSR count). The molecular formula is C11H12N2O4. The number of aromatic amines is 1. The number of carboxylic acid groups (broad SMARTS) is 1. The van der Waals surface area contributed by atoms with Gasteiger partial charge in [-0.25, -0.2) is 4.79 Å². The van der Waals surface area contributed by atoms with E-state index in [-0.39, 0.29) is 6.42 Å². The first-order chi connectivity index (χ1) is 8.08. The largest absolute Gasteiger partial charge is 0.481 e. The molecule has 0 saturated heterocycles. The van der Waals surface area contributed by atoms with Gasteiger partial charge in [0.1, 0.15) is 0 Å². The van der Waals surface area contributed by atoms with E-state index in [9.17, 15) is 9.59 Å². The normalized spacial score (nSPS) is 12.8. The SMILES string of the molecule is NC(CCC(=O)O)c1cccc2oc(=O)[nH]c12. The lowest BCUT2D eigenvalue weighted by Gasteiger charge is -2.10. The fourth-order valence-electron chi connectivity index (χ4n) is 1.74. The number of hydrogen-bond donors (Lipinski definition) is 3. The standard InChI is InChI=1S/C11H12N2O4/c12-7(4-5-9(14)15)6-2-1-3-8-10(6)13-11(16)17-8/h1-3,7H,4-5,12H2,(H,13,16)(H,14,15). The average Bonchev–Trinajstić information content (AvgIpc) is 2.65. The Balaban J connectivity index is 2.34. The quantitative estimate of drug-likeness (QED) is 0.733. The fraction of sp³-hybridized carbons (Fsp3) is 0.273. The van der Waals surface area contributed by atoms with Crippen LogP contribution in [-0.2, 0) is 4.79 Å². The van der Waals surface area contributed by atoms with Gasteiger partial charge in [0.25, 0.3) is 0 Å². The van der Waals surface area contributed by atoms with Crippen LogP contribution in [-0.4, -0.2) is 16.1 Å². The Hall–Kier alpha value is -2.08. The van der Waals surface area contributed by atoms with Crippen molar-refractivity contribution in [1.82, 2.24) is 4.98 Å². The van der Waals surface area contributed by atoms with Crippen LogP contribution in [0.4, 0.5) is 0 Å². The summed E-state index contributed by atoms with van der Waals surface area (Å²) < 4.78 is 4.90. The van der Waals surface area contributed by atoms with Gasteiger partial charge < -0.3 is 15.3 Å². The van der Waals surface area contributed by atoms with E-state index in [1.165, 1.54) is 0 Å². The van der Waals surface area contributed by atoms with Crippen molar-refractivity contribution in [2.24, 2.45) is 5.73 Å². The molecule has 1 aromatic carbocycles. The minimum atomic E-state index is -0.895. The predicted molar refractivity (Wildman–Crippen MR) is 60.6 cm³/mol. The molecule has 0 bridgehead atoms. The van der Waals surface area contributed by atoms with Crippen LogP contribution in [0.15, 0.2) is 27.4 Å². The molecular weight excluding hydrogens is 224 g/mol. The van der Waals surface area contributed by atoms with Crippen molar-refractivity contribution in [3.63, 3.8) is 0 Å². The lowest BCUT2D eigenvalue weighted by atomic mass is 10.0. The molecule has 1 heterocycles. The number of aliphatic carboxylic acids is 1. The van der Waals surface area contributed by atoms with E-state index in [4.69, 9.17) is 15.3 Å². The van der Waals surface area contributed by atoms with Crippen LogP contribution in [0, 0.1) is 0 Å². The molecule has 0 aliphatic rings. The van der Waals surface area contributed by atoms with Crippen LogP contribution >= 0.6 is 0 Å². The highest BCUT2D eigenvalue weighted by atomic mass is 16.4. The highest BCUT2D eigenvalue weighted by Crippen LogP contribution is 2.23. The zero-order valence-electron chi connectivity index (χ0n) is 8.97. The number of aromatic nitrogens is 1. The van der Waals surface area contributed by atoms with Gasteiger partial charge in [0, 0.05) is 12.5 Å². The van der Waals surface area contributed by atoms with Gasteiger partial charge in [-0.05, 0) is 18.1 Å². The summed E-state index contributed by atoms with van der Waals surface area (Å²) in [5, 5.41) is 8.59. The van der Waals surface area contributed by atoms with E-state index in [1.807, 2.05) is 0 Å². The number of oxazole rings is 1. The van der Waals surface area contributed by atoms with Crippen molar-refractivity contribution in [1.29, 1.82) is 0 Å². The molecule has 1 unspecified atom stereocenters. The minimum Gasteiger partial charge on any atom is -0.481 e. The molecule has 1 aromatic heterocycles. The van der Waals surface area contributed by atoms with Crippen LogP contribution < -0.4 is 11.5 Å². The van der Waals surface area contributed by atoms with E-state index in [2.05, 4.69) is 4.98 Å². The predicted octanol–water partition coefficient (Wildman–Crippen LogP) is 0.986. The number of fused-ring (bicyclic) bond motifs is 1. The Morgan fingerprint density at radius 2 is 2.29 bits per heavy atom. The maximum Gasteiger partial charge on any atom is 0.417 e. The zero-order chi connectivity index (χ0) is 12.4. The number of rotatable bonds is 4. The number of para-hydroxylation sites is 1. The lowest BCUT2D eigenvalue weighted by Crippen LogP contribution is -2.13. The maximum absolute atomic E-state index is 11.1. The van der Waals surface area contributed by atoms with Crippen LogP contribution in [0.25, 0.3) is 11.1 Å². The Bertz CT molecular complexity index is 599. The van der Waals surface area contributed by atoms with E-state index < -0.39 is 17.8 Å². The van der Waals surface area contributed by atoms with Crippen molar-refractivity contribution in [2.45, 2.75) is 18.9 Å². The number of H-pyrrole nitrogens is 1. The molecule has 0 aliphatic carbocycles. The van der Waals surface area contributed by atoms with E-state index in [0.717, 1.165) is 0 Å². The molecule has 4 N–H and O–H groups in total. The first-order valence-electron chi connectivity index (χ1n) is 5.17. The summed E-state index contributed by atoms with van der Waals surface area (Å²) in [5.41, 5.74) is 7.55. The maximum atomic E-state index is 11.1. The molecule has 90 valence electrons. The Kier molecular flexibility index (Phi) is 2.97. The Morgan fingerprint density at radius 3 is 3.00 bits per heavy atom.